The minimum absolute atomic E-state index is 0.0601. The monoisotopic (exact) mass is 249 g/mol. The lowest BCUT2D eigenvalue weighted by atomic mass is 10.1. The van der Waals surface area contributed by atoms with Crippen molar-refractivity contribution in [2.75, 3.05) is 13.2 Å². The van der Waals surface area contributed by atoms with Crippen LogP contribution in [0.15, 0.2) is 24.3 Å². The summed E-state index contributed by atoms with van der Waals surface area (Å²) in [5, 5.41) is 0. The summed E-state index contributed by atoms with van der Waals surface area (Å²) in [6.45, 7) is 3.87. The van der Waals surface area contributed by atoms with Crippen molar-refractivity contribution in [1.29, 1.82) is 0 Å². The van der Waals surface area contributed by atoms with Gasteiger partial charge in [0.1, 0.15) is 5.75 Å². The molecule has 1 fully saturated rings. The van der Waals surface area contributed by atoms with Crippen LogP contribution in [0.4, 0.5) is 0 Å². The molecule has 0 bridgehead atoms. The van der Waals surface area contributed by atoms with Crippen LogP contribution in [0.5, 0.6) is 5.75 Å². The van der Waals surface area contributed by atoms with Crippen LogP contribution >= 0.6 is 0 Å². The fraction of sp³-hybridized carbons (Fsp3) is 0.385. The Morgan fingerprint density at radius 1 is 1.33 bits per heavy atom. The van der Waals surface area contributed by atoms with Crippen molar-refractivity contribution < 1.29 is 19.1 Å². The molecular formula is C13H15NO4. The third kappa shape index (κ3) is 2.51. The molecule has 2 rings (SSSR count). The van der Waals surface area contributed by atoms with Crippen molar-refractivity contribution in [3.8, 4) is 5.75 Å². The fourth-order valence-corrected chi connectivity index (χ4v) is 1.98. The smallest absolute Gasteiger partial charge is 0.308 e. The molecule has 0 N–H and O–H groups in total. The lowest BCUT2D eigenvalue weighted by Gasteiger charge is -2.23. The van der Waals surface area contributed by atoms with Crippen molar-refractivity contribution >= 4 is 11.9 Å². The predicted molar refractivity (Wildman–Crippen MR) is 63.8 cm³/mol. The Balaban J connectivity index is 2.32. The highest BCUT2D eigenvalue weighted by Gasteiger charge is 2.31. The molecule has 5 heteroatoms. The van der Waals surface area contributed by atoms with E-state index in [0.29, 0.717) is 24.5 Å². The Labute approximate surface area is 105 Å². The maximum absolute atomic E-state index is 11.5. The van der Waals surface area contributed by atoms with Crippen molar-refractivity contribution in [2.24, 2.45) is 0 Å². The van der Waals surface area contributed by atoms with Gasteiger partial charge in [-0.2, -0.15) is 0 Å². The quantitative estimate of drug-likeness (QED) is 0.588. The van der Waals surface area contributed by atoms with Crippen LogP contribution in [0.25, 0.3) is 0 Å². The molecule has 1 aliphatic rings. The number of esters is 1. The number of ether oxygens (including phenoxy) is 2. The minimum atomic E-state index is -0.474. The first kappa shape index (κ1) is 12.6. The van der Waals surface area contributed by atoms with Gasteiger partial charge in [0.15, 0.2) is 6.23 Å². The summed E-state index contributed by atoms with van der Waals surface area (Å²) in [5.41, 5.74) is 0.695. The molecular weight excluding hydrogens is 234 g/mol. The van der Waals surface area contributed by atoms with Crippen molar-refractivity contribution in [1.82, 2.24) is 4.90 Å². The van der Waals surface area contributed by atoms with Gasteiger partial charge in [0.25, 0.3) is 0 Å². The zero-order valence-electron chi connectivity index (χ0n) is 10.4. The third-order valence-electron chi connectivity index (χ3n) is 2.73. The number of nitrogens with zero attached hydrogens (tertiary/aromatic N) is 1. The number of hydrogen-bond donors (Lipinski definition) is 0. The summed E-state index contributed by atoms with van der Waals surface area (Å²) in [5.74, 6) is -0.0203. The minimum Gasteiger partial charge on any atom is -0.426 e. The van der Waals surface area contributed by atoms with Crippen LogP contribution in [0.3, 0.4) is 0 Å². The van der Waals surface area contributed by atoms with Crippen LogP contribution in [-0.4, -0.2) is 29.9 Å². The molecule has 0 unspecified atom stereocenters. The SMILES string of the molecule is CC(=O)Oc1ccccc1[C@H]1OCCN1C(C)=O. The van der Waals surface area contributed by atoms with E-state index in [0.717, 1.165) is 0 Å². The van der Waals surface area contributed by atoms with Crippen LogP contribution in [-0.2, 0) is 14.3 Å². The number of rotatable bonds is 2. The molecule has 1 amide bonds. The average Bonchev–Trinajstić information content (AvgIpc) is 2.77. The van der Waals surface area contributed by atoms with Crippen LogP contribution in [0.1, 0.15) is 25.6 Å². The molecule has 1 aromatic rings. The van der Waals surface area contributed by atoms with E-state index in [1.807, 2.05) is 6.07 Å². The van der Waals surface area contributed by atoms with E-state index in [4.69, 9.17) is 9.47 Å². The molecule has 0 saturated carbocycles. The first-order chi connectivity index (χ1) is 8.59. The van der Waals surface area contributed by atoms with E-state index in [1.165, 1.54) is 13.8 Å². The summed E-state index contributed by atoms with van der Waals surface area (Å²) in [7, 11) is 0. The first-order valence-electron chi connectivity index (χ1n) is 5.75. The van der Waals surface area contributed by atoms with E-state index in [1.54, 1.807) is 23.1 Å². The molecule has 0 aromatic heterocycles. The Kier molecular flexibility index (Phi) is 3.62. The van der Waals surface area contributed by atoms with Gasteiger partial charge in [-0.15, -0.1) is 0 Å². The topological polar surface area (TPSA) is 55.8 Å². The summed E-state index contributed by atoms with van der Waals surface area (Å²) < 4.78 is 10.7. The highest BCUT2D eigenvalue weighted by atomic mass is 16.5. The summed E-state index contributed by atoms with van der Waals surface area (Å²) >= 11 is 0. The molecule has 1 heterocycles. The van der Waals surface area contributed by atoms with Gasteiger partial charge in [-0.3, -0.25) is 9.59 Å². The standard InChI is InChI=1S/C13H15NO4/c1-9(15)14-7-8-17-13(14)11-5-3-4-6-12(11)18-10(2)16/h3-6,13H,7-8H2,1-2H3/t13-/m1/s1. The second-order valence-electron chi connectivity index (χ2n) is 4.07. The number of carbonyl (C=O) groups is 2. The zero-order chi connectivity index (χ0) is 13.1. The van der Waals surface area contributed by atoms with Crippen LogP contribution in [0, 0.1) is 0 Å². The molecule has 0 spiro atoms. The van der Waals surface area contributed by atoms with Gasteiger partial charge in [-0.1, -0.05) is 18.2 Å². The second-order valence-corrected chi connectivity index (χ2v) is 4.07. The Morgan fingerprint density at radius 3 is 2.72 bits per heavy atom. The Hall–Kier alpha value is -1.88. The molecule has 0 radical (unpaired) electrons. The van der Waals surface area contributed by atoms with Gasteiger partial charge < -0.3 is 14.4 Å². The lowest BCUT2D eigenvalue weighted by molar-refractivity contribution is -0.134. The second kappa shape index (κ2) is 5.18. The number of hydrogen-bond acceptors (Lipinski definition) is 4. The van der Waals surface area contributed by atoms with Crippen molar-refractivity contribution in [2.45, 2.75) is 20.1 Å². The Morgan fingerprint density at radius 2 is 2.06 bits per heavy atom. The maximum Gasteiger partial charge on any atom is 0.308 e. The molecule has 0 aliphatic carbocycles. The van der Waals surface area contributed by atoms with Gasteiger partial charge in [0.05, 0.1) is 6.61 Å². The molecule has 1 saturated heterocycles. The number of para-hydroxylation sites is 1. The number of amides is 1. The molecule has 1 aliphatic heterocycles. The van der Waals surface area contributed by atoms with Gasteiger partial charge >= 0.3 is 5.97 Å². The van der Waals surface area contributed by atoms with Gasteiger partial charge in [-0.05, 0) is 6.07 Å². The molecule has 1 aromatic carbocycles. The molecule has 18 heavy (non-hydrogen) atoms. The van der Waals surface area contributed by atoms with Gasteiger partial charge in [-0.25, -0.2) is 0 Å². The molecule has 96 valence electrons. The highest BCUT2D eigenvalue weighted by molar-refractivity contribution is 5.74. The largest absolute Gasteiger partial charge is 0.426 e. The fourth-order valence-electron chi connectivity index (χ4n) is 1.98. The average molecular weight is 249 g/mol. The van der Waals surface area contributed by atoms with E-state index < -0.39 is 12.2 Å². The zero-order valence-corrected chi connectivity index (χ0v) is 10.4. The summed E-state index contributed by atoms with van der Waals surface area (Å²) in [6.07, 6.45) is -0.474. The number of benzene rings is 1. The first-order valence-corrected chi connectivity index (χ1v) is 5.75. The normalized spacial score (nSPS) is 18.8. The van der Waals surface area contributed by atoms with E-state index in [9.17, 15) is 9.59 Å². The van der Waals surface area contributed by atoms with Gasteiger partial charge in [0.2, 0.25) is 5.91 Å². The Bertz CT molecular complexity index is 472. The van der Waals surface area contributed by atoms with E-state index in [-0.39, 0.29) is 5.91 Å². The summed E-state index contributed by atoms with van der Waals surface area (Å²) in [6, 6.07) is 7.08. The summed E-state index contributed by atoms with van der Waals surface area (Å²) in [4.78, 5) is 24.2. The maximum atomic E-state index is 11.5. The highest BCUT2D eigenvalue weighted by Crippen LogP contribution is 2.33. The van der Waals surface area contributed by atoms with E-state index >= 15 is 0 Å². The molecule has 5 nitrogen and oxygen atoms in total. The lowest BCUT2D eigenvalue weighted by Crippen LogP contribution is -2.29. The van der Waals surface area contributed by atoms with Crippen LogP contribution < -0.4 is 4.74 Å². The van der Waals surface area contributed by atoms with E-state index in [2.05, 4.69) is 0 Å². The number of carbonyl (C=O) groups excluding carboxylic acids is 2. The van der Waals surface area contributed by atoms with Crippen molar-refractivity contribution in [3.63, 3.8) is 0 Å². The third-order valence-corrected chi connectivity index (χ3v) is 2.73. The van der Waals surface area contributed by atoms with Gasteiger partial charge in [0, 0.05) is 26.0 Å². The molecule has 1 atom stereocenters. The van der Waals surface area contributed by atoms with Crippen LogP contribution in [0.2, 0.25) is 0 Å². The van der Waals surface area contributed by atoms with Crippen molar-refractivity contribution in [3.05, 3.63) is 29.8 Å². The predicted octanol–water partition coefficient (Wildman–Crippen LogP) is 1.49.